The number of carbonyl (C=O) groups is 2. The van der Waals surface area contributed by atoms with Gasteiger partial charge in [0.05, 0.1) is 30.0 Å². The summed E-state index contributed by atoms with van der Waals surface area (Å²) in [6, 6.07) is 10.5. The Hall–Kier alpha value is -3.13. The molecule has 0 atom stereocenters. The molecule has 0 spiro atoms. The van der Waals surface area contributed by atoms with Crippen molar-refractivity contribution < 1.29 is 23.8 Å². The Labute approximate surface area is 159 Å². The maximum Gasteiger partial charge on any atom is 0.338 e. The van der Waals surface area contributed by atoms with Crippen molar-refractivity contribution in [2.45, 2.75) is 6.92 Å². The summed E-state index contributed by atoms with van der Waals surface area (Å²) in [5.41, 5.74) is 2.16. The zero-order valence-electron chi connectivity index (χ0n) is 15.1. The van der Waals surface area contributed by atoms with Crippen LogP contribution in [-0.4, -0.2) is 37.7 Å². The number of hydrogen-bond acceptors (Lipinski definition) is 7. The van der Waals surface area contributed by atoms with Crippen LogP contribution in [0.5, 0.6) is 11.5 Å². The van der Waals surface area contributed by atoms with Gasteiger partial charge in [0.2, 0.25) is 0 Å². The van der Waals surface area contributed by atoms with E-state index in [4.69, 9.17) is 14.2 Å². The number of benzene rings is 2. The van der Waals surface area contributed by atoms with Gasteiger partial charge in [-0.25, -0.2) is 9.78 Å². The van der Waals surface area contributed by atoms with Gasteiger partial charge in [-0.2, -0.15) is 0 Å². The third kappa shape index (κ3) is 4.53. The van der Waals surface area contributed by atoms with E-state index >= 15 is 0 Å². The molecule has 0 aliphatic heterocycles. The first-order valence-corrected chi connectivity index (χ1v) is 8.87. The summed E-state index contributed by atoms with van der Waals surface area (Å²) < 4.78 is 16.3. The molecule has 140 valence electrons. The molecule has 1 aromatic heterocycles. The maximum absolute atomic E-state index is 12.2. The van der Waals surface area contributed by atoms with Gasteiger partial charge in [0.25, 0.3) is 5.91 Å². The number of nitrogens with zero attached hydrogens (tertiary/aromatic N) is 1. The first-order chi connectivity index (χ1) is 13.0. The second kappa shape index (κ2) is 8.05. The summed E-state index contributed by atoms with van der Waals surface area (Å²) >= 11 is 1.36. The third-order valence-corrected chi connectivity index (χ3v) is 4.65. The largest absolute Gasteiger partial charge is 0.497 e. The van der Waals surface area contributed by atoms with Gasteiger partial charge in [0.1, 0.15) is 11.5 Å². The van der Waals surface area contributed by atoms with E-state index in [1.807, 2.05) is 25.1 Å². The molecule has 0 saturated heterocycles. The van der Waals surface area contributed by atoms with Crippen LogP contribution in [0.4, 0.5) is 5.13 Å². The van der Waals surface area contributed by atoms with E-state index in [-0.39, 0.29) is 5.56 Å². The second-order valence-electron chi connectivity index (χ2n) is 5.72. The Morgan fingerprint density at radius 2 is 1.78 bits per heavy atom. The van der Waals surface area contributed by atoms with E-state index in [9.17, 15) is 9.59 Å². The third-order valence-electron chi connectivity index (χ3n) is 3.71. The molecule has 7 nitrogen and oxygen atoms in total. The van der Waals surface area contributed by atoms with E-state index < -0.39 is 18.5 Å². The summed E-state index contributed by atoms with van der Waals surface area (Å²) in [7, 11) is 2.97. The van der Waals surface area contributed by atoms with E-state index in [0.29, 0.717) is 16.6 Å². The topological polar surface area (TPSA) is 86.8 Å². The summed E-state index contributed by atoms with van der Waals surface area (Å²) in [6.45, 7) is 1.57. The lowest BCUT2D eigenvalue weighted by Crippen LogP contribution is -2.20. The molecule has 1 amide bonds. The van der Waals surface area contributed by atoms with Crippen molar-refractivity contribution in [1.29, 1.82) is 0 Å². The number of nitrogens with one attached hydrogen (secondary N) is 1. The van der Waals surface area contributed by atoms with Crippen LogP contribution in [-0.2, 0) is 9.53 Å². The minimum Gasteiger partial charge on any atom is -0.497 e. The average Bonchev–Trinajstić information content (AvgIpc) is 3.06. The van der Waals surface area contributed by atoms with Crippen molar-refractivity contribution in [2.75, 3.05) is 26.1 Å². The van der Waals surface area contributed by atoms with Gasteiger partial charge in [0, 0.05) is 6.07 Å². The van der Waals surface area contributed by atoms with Gasteiger partial charge in [-0.3, -0.25) is 10.1 Å². The van der Waals surface area contributed by atoms with E-state index in [1.165, 1.54) is 37.7 Å². The minimum atomic E-state index is -0.651. The smallest absolute Gasteiger partial charge is 0.338 e. The van der Waals surface area contributed by atoms with Gasteiger partial charge in [-0.1, -0.05) is 17.4 Å². The molecule has 1 heterocycles. The van der Waals surface area contributed by atoms with Crippen LogP contribution < -0.4 is 14.8 Å². The highest BCUT2D eigenvalue weighted by atomic mass is 32.1. The van der Waals surface area contributed by atoms with Gasteiger partial charge < -0.3 is 14.2 Å². The van der Waals surface area contributed by atoms with Crippen molar-refractivity contribution in [1.82, 2.24) is 4.98 Å². The minimum absolute atomic E-state index is 0.231. The Bertz CT molecular complexity index is 977. The number of aryl methyl sites for hydroxylation is 1. The molecule has 0 saturated carbocycles. The fraction of sp³-hybridized carbons (Fsp3) is 0.211. The Morgan fingerprint density at radius 3 is 2.44 bits per heavy atom. The number of thiazole rings is 1. The Balaban J connectivity index is 1.62. The molecule has 0 aliphatic carbocycles. The summed E-state index contributed by atoms with van der Waals surface area (Å²) in [5.74, 6) is -0.206. The fourth-order valence-electron chi connectivity index (χ4n) is 2.38. The lowest BCUT2D eigenvalue weighted by molar-refractivity contribution is -0.119. The quantitative estimate of drug-likeness (QED) is 0.653. The highest BCUT2D eigenvalue weighted by molar-refractivity contribution is 7.22. The number of hydrogen-bond donors (Lipinski definition) is 1. The van der Waals surface area contributed by atoms with E-state index in [2.05, 4.69) is 10.3 Å². The van der Waals surface area contributed by atoms with Crippen LogP contribution >= 0.6 is 11.3 Å². The van der Waals surface area contributed by atoms with Gasteiger partial charge in [-0.15, -0.1) is 0 Å². The second-order valence-corrected chi connectivity index (χ2v) is 6.75. The first kappa shape index (κ1) is 18.7. The molecule has 0 fully saturated rings. The molecule has 8 heteroatoms. The van der Waals surface area contributed by atoms with Crippen molar-refractivity contribution >= 4 is 38.6 Å². The molecule has 0 aliphatic rings. The van der Waals surface area contributed by atoms with Crippen molar-refractivity contribution in [2.24, 2.45) is 0 Å². The fourth-order valence-corrected chi connectivity index (χ4v) is 3.36. The number of rotatable bonds is 6. The molecule has 2 aromatic carbocycles. The molecule has 0 bridgehead atoms. The molecular formula is C19H18N2O5S. The highest BCUT2D eigenvalue weighted by Crippen LogP contribution is 2.26. The van der Waals surface area contributed by atoms with E-state index in [0.717, 1.165) is 15.8 Å². The van der Waals surface area contributed by atoms with E-state index in [1.54, 1.807) is 6.07 Å². The number of aromatic nitrogens is 1. The highest BCUT2D eigenvalue weighted by Gasteiger charge is 2.14. The number of ether oxygens (including phenoxy) is 3. The molecule has 3 aromatic rings. The van der Waals surface area contributed by atoms with Crippen LogP contribution in [0.1, 0.15) is 15.9 Å². The molecule has 3 rings (SSSR count). The number of fused-ring (bicyclic) bond motifs is 1. The van der Waals surface area contributed by atoms with Gasteiger partial charge in [-0.05, 0) is 36.8 Å². The predicted molar refractivity (Wildman–Crippen MR) is 103 cm³/mol. The Morgan fingerprint density at radius 1 is 1.07 bits per heavy atom. The summed E-state index contributed by atoms with van der Waals surface area (Å²) in [6.07, 6.45) is 0. The normalized spacial score (nSPS) is 10.5. The SMILES string of the molecule is COc1cc(OC)cc(C(=O)OCC(=O)Nc2nc3ccc(C)cc3s2)c1. The molecular weight excluding hydrogens is 368 g/mol. The molecule has 27 heavy (non-hydrogen) atoms. The monoisotopic (exact) mass is 386 g/mol. The van der Waals surface area contributed by atoms with Crippen LogP contribution in [0.25, 0.3) is 10.2 Å². The van der Waals surface area contributed by atoms with Crippen LogP contribution in [0.2, 0.25) is 0 Å². The number of methoxy groups -OCH3 is 2. The van der Waals surface area contributed by atoms with Crippen LogP contribution in [0, 0.1) is 6.92 Å². The number of anilines is 1. The van der Waals surface area contributed by atoms with Gasteiger partial charge in [0.15, 0.2) is 11.7 Å². The van der Waals surface area contributed by atoms with Crippen molar-refractivity contribution in [3.8, 4) is 11.5 Å². The Kier molecular flexibility index (Phi) is 5.56. The lowest BCUT2D eigenvalue weighted by atomic mass is 10.2. The standard InChI is InChI=1S/C19H18N2O5S/c1-11-4-5-15-16(6-11)27-19(20-15)21-17(22)10-26-18(23)12-7-13(24-2)9-14(8-12)25-3/h4-9H,10H2,1-3H3,(H,20,21,22). The molecule has 1 N–H and O–H groups in total. The van der Waals surface area contributed by atoms with Crippen molar-refractivity contribution in [3.63, 3.8) is 0 Å². The summed E-state index contributed by atoms with van der Waals surface area (Å²) in [5, 5.41) is 3.10. The number of amides is 1. The first-order valence-electron chi connectivity index (χ1n) is 8.05. The van der Waals surface area contributed by atoms with Crippen LogP contribution in [0.3, 0.4) is 0 Å². The molecule has 0 radical (unpaired) electrons. The van der Waals surface area contributed by atoms with Crippen LogP contribution in [0.15, 0.2) is 36.4 Å². The zero-order valence-corrected chi connectivity index (χ0v) is 15.9. The zero-order chi connectivity index (χ0) is 19.4. The lowest BCUT2D eigenvalue weighted by Gasteiger charge is -2.08. The average molecular weight is 386 g/mol. The maximum atomic E-state index is 12.2. The van der Waals surface area contributed by atoms with Gasteiger partial charge >= 0.3 is 5.97 Å². The number of carbonyl (C=O) groups excluding carboxylic acids is 2. The molecule has 0 unspecified atom stereocenters. The summed E-state index contributed by atoms with van der Waals surface area (Å²) in [4.78, 5) is 28.6. The van der Waals surface area contributed by atoms with Crippen molar-refractivity contribution in [3.05, 3.63) is 47.5 Å². The number of esters is 1. The predicted octanol–water partition coefficient (Wildman–Crippen LogP) is 3.42.